The molecule has 94 valence electrons. The highest BCUT2D eigenvalue weighted by Gasteiger charge is 2.17. The third kappa shape index (κ3) is 4.44. The molecule has 0 bridgehead atoms. The Kier molecular flexibility index (Phi) is 4.97. The minimum absolute atomic E-state index is 0.103. The lowest BCUT2D eigenvalue weighted by Crippen LogP contribution is -2.36. The summed E-state index contributed by atoms with van der Waals surface area (Å²) in [5.74, 6) is -0.183. The molecule has 2 unspecified atom stereocenters. The van der Waals surface area contributed by atoms with E-state index in [9.17, 15) is 4.79 Å². The molecule has 2 atom stereocenters. The Bertz CT molecular complexity index is 361. The van der Waals surface area contributed by atoms with E-state index in [0.29, 0.717) is 6.42 Å². The minimum atomic E-state index is -0.659. The first-order valence-electron chi connectivity index (χ1n) is 5.77. The summed E-state index contributed by atoms with van der Waals surface area (Å²) in [7, 11) is 0. The largest absolute Gasteiger partial charge is 0.508 e. The van der Waals surface area contributed by atoms with E-state index < -0.39 is 6.04 Å². The number of rotatable bonds is 5. The van der Waals surface area contributed by atoms with Gasteiger partial charge >= 0.3 is 5.97 Å². The lowest BCUT2D eigenvalue weighted by atomic mass is 10.1. The molecule has 3 N–H and O–H groups in total. The van der Waals surface area contributed by atoms with Crippen molar-refractivity contribution in [2.24, 2.45) is 5.73 Å². The maximum absolute atomic E-state index is 11.6. The second-order valence-corrected chi connectivity index (χ2v) is 4.13. The van der Waals surface area contributed by atoms with Crippen LogP contribution in [-0.4, -0.2) is 23.2 Å². The van der Waals surface area contributed by atoms with Crippen LogP contribution in [0.15, 0.2) is 24.3 Å². The predicted octanol–water partition coefficient (Wildman–Crippen LogP) is 1.60. The SMILES string of the molecule is CCC(C)OC(=O)C(N)Cc1ccc(O)cc1. The number of hydrogen-bond acceptors (Lipinski definition) is 4. The van der Waals surface area contributed by atoms with Gasteiger partial charge in [-0.2, -0.15) is 0 Å². The number of nitrogens with two attached hydrogens (primary N) is 1. The van der Waals surface area contributed by atoms with Crippen molar-refractivity contribution < 1.29 is 14.6 Å². The van der Waals surface area contributed by atoms with Crippen LogP contribution in [0, 0.1) is 0 Å². The van der Waals surface area contributed by atoms with Gasteiger partial charge in [0, 0.05) is 0 Å². The predicted molar refractivity (Wildman–Crippen MR) is 65.6 cm³/mol. The Labute approximate surface area is 101 Å². The van der Waals surface area contributed by atoms with Gasteiger partial charge in [0.2, 0.25) is 0 Å². The van der Waals surface area contributed by atoms with Crippen LogP contribution in [0.3, 0.4) is 0 Å². The van der Waals surface area contributed by atoms with Gasteiger partial charge in [0.1, 0.15) is 11.8 Å². The summed E-state index contributed by atoms with van der Waals surface area (Å²) in [5.41, 5.74) is 6.65. The molecular formula is C13H19NO3. The number of carbonyl (C=O) groups is 1. The van der Waals surface area contributed by atoms with E-state index in [0.717, 1.165) is 12.0 Å². The van der Waals surface area contributed by atoms with E-state index in [4.69, 9.17) is 15.6 Å². The van der Waals surface area contributed by atoms with Gasteiger partial charge in [-0.05, 0) is 37.5 Å². The molecule has 17 heavy (non-hydrogen) atoms. The summed E-state index contributed by atoms with van der Waals surface area (Å²) in [6.07, 6.45) is 1.08. The molecule has 0 aliphatic heterocycles. The van der Waals surface area contributed by atoms with Crippen molar-refractivity contribution in [1.29, 1.82) is 0 Å². The lowest BCUT2D eigenvalue weighted by molar-refractivity contribution is -0.149. The summed E-state index contributed by atoms with van der Waals surface area (Å²) in [4.78, 5) is 11.6. The third-order valence-electron chi connectivity index (χ3n) is 2.59. The summed E-state index contributed by atoms with van der Waals surface area (Å²) in [5, 5.41) is 9.13. The average molecular weight is 237 g/mol. The zero-order valence-electron chi connectivity index (χ0n) is 10.2. The smallest absolute Gasteiger partial charge is 0.323 e. The van der Waals surface area contributed by atoms with E-state index in [1.807, 2.05) is 13.8 Å². The quantitative estimate of drug-likeness (QED) is 0.763. The fraction of sp³-hybridized carbons (Fsp3) is 0.462. The molecule has 0 radical (unpaired) electrons. The number of esters is 1. The molecule has 0 amide bonds. The van der Waals surface area contributed by atoms with E-state index in [-0.39, 0.29) is 17.8 Å². The molecule has 0 aliphatic rings. The van der Waals surface area contributed by atoms with Gasteiger partial charge < -0.3 is 15.6 Å². The number of phenolic OH excluding ortho intramolecular Hbond substituents is 1. The summed E-state index contributed by atoms with van der Waals surface area (Å²) >= 11 is 0. The van der Waals surface area contributed by atoms with Gasteiger partial charge in [0.25, 0.3) is 0 Å². The number of phenols is 1. The molecule has 4 nitrogen and oxygen atoms in total. The highest BCUT2D eigenvalue weighted by atomic mass is 16.5. The molecule has 1 aromatic carbocycles. The van der Waals surface area contributed by atoms with Gasteiger partial charge in [0.15, 0.2) is 0 Å². The molecule has 0 saturated carbocycles. The lowest BCUT2D eigenvalue weighted by Gasteiger charge is -2.15. The number of benzene rings is 1. The number of aromatic hydroxyl groups is 1. The van der Waals surface area contributed by atoms with Crippen LogP contribution in [0.25, 0.3) is 0 Å². The van der Waals surface area contributed by atoms with Crippen molar-refractivity contribution in [1.82, 2.24) is 0 Å². The first kappa shape index (κ1) is 13.5. The number of ether oxygens (including phenoxy) is 1. The van der Waals surface area contributed by atoms with E-state index in [1.54, 1.807) is 24.3 Å². The van der Waals surface area contributed by atoms with E-state index >= 15 is 0 Å². The van der Waals surface area contributed by atoms with Crippen LogP contribution in [0.4, 0.5) is 0 Å². The third-order valence-corrected chi connectivity index (χ3v) is 2.59. The minimum Gasteiger partial charge on any atom is -0.508 e. The molecule has 0 saturated heterocycles. The molecule has 0 aliphatic carbocycles. The van der Waals surface area contributed by atoms with Gasteiger partial charge in [0.05, 0.1) is 6.10 Å². The fourth-order valence-corrected chi connectivity index (χ4v) is 1.34. The first-order valence-corrected chi connectivity index (χ1v) is 5.77. The maximum atomic E-state index is 11.6. The van der Waals surface area contributed by atoms with Gasteiger partial charge in [-0.25, -0.2) is 0 Å². The van der Waals surface area contributed by atoms with Crippen LogP contribution >= 0.6 is 0 Å². The van der Waals surface area contributed by atoms with E-state index in [1.165, 1.54) is 0 Å². The Balaban J connectivity index is 2.51. The zero-order valence-corrected chi connectivity index (χ0v) is 10.2. The highest BCUT2D eigenvalue weighted by molar-refractivity contribution is 5.76. The van der Waals surface area contributed by atoms with Crippen molar-refractivity contribution in [3.8, 4) is 5.75 Å². The zero-order chi connectivity index (χ0) is 12.8. The van der Waals surface area contributed by atoms with Gasteiger partial charge in [-0.1, -0.05) is 19.1 Å². The van der Waals surface area contributed by atoms with Gasteiger partial charge in [-0.15, -0.1) is 0 Å². The molecule has 0 aromatic heterocycles. The summed E-state index contributed by atoms with van der Waals surface area (Å²) in [6, 6.07) is 5.97. The van der Waals surface area contributed by atoms with Crippen LogP contribution in [-0.2, 0) is 16.0 Å². The highest BCUT2D eigenvalue weighted by Crippen LogP contribution is 2.11. The molecular weight excluding hydrogens is 218 g/mol. The Morgan fingerprint density at radius 1 is 1.41 bits per heavy atom. The standard InChI is InChI=1S/C13H19NO3/c1-3-9(2)17-13(16)12(14)8-10-4-6-11(15)7-5-10/h4-7,9,12,15H,3,8,14H2,1-2H3. The second-order valence-electron chi connectivity index (χ2n) is 4.13. The van der Waals surface area contributed by atoms with Crippen LogP contribution in [0.5, 0.6) is 5.75 Å². The monoisotopic (exact) mass is 237 g/mol. The fourth-order valence-electron chi connectivity index (χ4n) is 1.34. The van der Waals surface area contributed by atoms with Crippen molar-refractivity contribution in [2.45, 2.75) is 38.8 Å². The van der Waals surface area contributed by atoms with Crippen molar-refractivity contribution in [2.75, 3.05) is 0 Å². The average Bonchev–Trinajstić information content (AvgIpc) is 2.31. The molecule has 1 aromatic rings. The van der Waals surface area contributed by atoms with Crippen molar-refractivity contribution in [3.05, 3.63) is 29.8 Å². The Morgan fingerprint density at radius 2 is 2.00 bits per heavy atom. The molecule has 4 heteroatoms. The number of hydrogen-bond donors (Lipinski definition) is 2. The molecule has 0 spiro atoms. The van der Waals surface area contributed by atoms with Crippen LogP contribution < -0.4 is 5.73 Å². The van der Waals surface area contributed by atoms with Crippen molar-refractivity contribution in [3.63, 3.8) is 0 Å². The molecule has 1 rings (SSSR count). The molecule has 0 heterocycles. The molecule has 0 fully saturated rings. The Hall–Kier alpha value is -1.55. The van der Waals surface area contributed by atoms with Crippen LogP contribution in [0.1, 0.15) is 25.8 Å². The summed E-state index contributed by atoms with van der Waals surface area (Å²) < 4.78 is 5.14. The van der Waals surface area contributed by atoms with Gasteiger partial charge in [-0.3, -0.25) is 4.79 Å². The first-order chi connectivity index (χ1) is 8.02. The van der Waals surface area contributed by atoms with E-state index in [2.05, 4.69) is 0 Å². The van der Waals surface area contributed by atoms with Crippen LogP contribution in [0.2, 0.25) is 0 Å². The Morgan fingerprint density at radius 3 is 2.53 bits per heavy atom. The normalized spacial score (nSPS) is 14.1. The topological polar surface area (TPSA) is 72.5 Å². The summed E-state index contributed by atoms with van der Waals surface area (Å²) in [6.45, 7) is 3.79. The number of carbonyl (C=O) groups excluding carboxylic acids is 1. The van der Waals surface area contributed by atoms with Crippen molar-refractivity contribution >= 4 is 5.97 Å². The maximum Gasteiger partial charge on any atom is 0.323 e. The second kappa shape index (κ2) is 6.25.